The first kappa shape index (κ1) is 21.4. The molecule has 0 N–H and O–H groups in total. The average molecular weight is 655 g/mol. The van der Waals surface area contributed by atoms with Crippen LogP contribution in [0.2, 0.25) is 0 Å². The summed E-state index contributed by atoms with van der Waals surface area (Å²) >= 11 is 0. The van der Waals surface area contributed by atoms with Crippen molar-refractivity contribution in [2.75, 3.05) is 0 Å². The molecular weight excluding hydrogens is 617 g/mol. The molecule has 10 aromatic carbocycles. The Morgan fingerprint density at radius 2 is 0.863 bits per heavy atom. The van der Waals surface area contributed by atoms with Crippen molar-refractivity contribution in [1.82, 2.24) is 0 Å². The lowest BCUT2D eigenvalue weighted by atomic mass is 9.85. The molecule has 0 aliphatic rings. The minimum atomic E-state index is -0.436. The molecule has 1 aromatic heterocycles. The molecule has 0 aliphatic heterocycles. The van der Waals surface area contributed by atoms with Gasteiger partial charge in [0, 0.05) is 10.8 Å². The maximum absolute atomic E-state index is 9.44. The molecule has 0 atom stereocenters. The molecule has 0 spiro atoms. The lowest BCUT2D eigenvalue weighted by Gasteiger charge is -2.18. The minimum Gasteiger partial charge on any atom is -0.456 e. The largest absolute Gasteiger partial charge is 0.456 e. The summed E-state index contributed by atoms with van der Waals surface area (Å²) in [5, 5.41) is 8.85. The van der Waals surface area contributed by atoms with Crippen molar-refractivity contribution in [1.29, 1.82) is 0 Å². The Balaban J connectivity index is 1.24. The van der Waals surface area contributed by atoms with Gasteiger partial charge >= 0.3 is 0 Å². The van der Waals surface area contributed by atoms with Gasteiger partial charge in [-0.25, -0.2) is 0 Å². The molecule has 0 amide bonds. The maximum Gasteiger partial charge on any atom is 0.136 e. The molecule has 0 unspecified atom stereocenters. The third kappa shape index (κ3) is 4.35. The van der Waals surface area contributed by atoms with E-state index in [0.29, 0.717) is 33.4 Å². The Morgan fingerprint density at radius 1 is 0.314 bits per heavy atom. The van der Waals surface area contributed by atoms with Crippen LogP contribution in [-0.2, 0) is 0 Å². The number of hydrogen-bond acceptors (Lipinski definition) is 1. The fourth-order valence-corrected chi connectivity index (χ4v) is 7.87. The second-order valence-electron chi connectivity index (χ2n) is 13.1. The van der Waals surface area contributed by atoms with Gasteiger partial charge in [0.15, 0.2) is 0 Å². The topological polar surface area (TPSA) is 13.1 Å². The van der Waals surface area contributed by atoms with Gasteiger partial charge in [-0.1, -0.05) is 145 Å². The van der Waals surface area contributed by atoms with Crippen LogP contribution in [0.1, 0.15) is 11.0 Å². The van der Waals surface area contributed by atoms with Crippen LogP contribution in [0.4, 0.5) is 0 Å². The van der Waals surface area contributed by atoms with Crippen LogP contribution in [0.25, 0.3) is 109 Å². The SMILES string of the molecule is [2H]c1c([2H])c([2H])c2c(-c3ccc4oc5cc6ccccc6cc5c4c3)c3c([2H])c([2H])c([2H])c([2H])c3c(-c3cccc(-c4ccc5c(ccc6ccccc65)c4)c3)c2c1[2H]. The lowest BCUT2D eigenvalue weighted by molar-refractivity contribution is 0.669. The molecule has 0 saturated carbocycles. The van der Waals surface area contributed by atoms with Gasteiger partial charge in [0.25, 0.3) is 0 Å². The van der Waals surface area contributed by atoms with Crippen molar-refractivity contribution in [2.45, 2.75) is 0 Å². The first-order chi connectivity index (χ1) is 28.6. The summed E-state index contributed by atoms with van der Waals surface area (Å²) in [4.78, 5) is 0. The Morgan fingerprint density at radius 3 is 1.61 bits per heavy atom. The predicted molar refractivity (Wildman–Crippen MR) is 218 cm³/mol. The van der Waals surface area contributed by atoms with Gasteiger partial charge in [-0.15, -0.1) is 0 Å². The van der Waals surface area contributed by atoms with Crippen LogP contribution >= 0.6 is 0 Å². The third-order valence-corrected chi connectivity index (χ3v) is 10.2. The molecule has 0 fully saturated rings. The minimum absolute atomic E-state index is 0.170. The second-order valence-corrected chi connectivity index (χ2v) is 13.1. The standard InChI is InChI=1S/C50H30O/c1-2-12-34-30-48-46(28-33(34)11-1)45-29-38(23-25-47(45)51-48)50-43-18-7-5-16-41(43)49(42-17-6-8-19-44(42)50)37-14-9-13-32(27-37)35-22-24-40-36(26-35)21-20-31-10-3-4-15-39(31)40/h1-30H/i5D,6D,7D,8D,16D,17D,18D,19D. The van der Waals surface area contributed by atoms with Crippen molar-refractivity contribution in [3.63, 3.8) is 0 Å². The van der Waals surface area contributed by atoms with Gasteiger partial charge in [-0.05, 0) is 124 Å². The first-order valence-electron chi connectivity index (χ1n) is 20.9. The van der Waals surface area contributed by atoms with Gasteiger partial charge in [-0.3, -0.25) is 0 Å². The van der Waals surface area contributed by atoms with Crippen molar-refractivity contribution in [3.8, 4) is 33.4 Å². The first-order valence-corrected chi connectivity index (χ1v) is 16.9. The number of benzene rings is 10. The van der Waals surface area contributed by atoms with Crippen LogP contribution in [-0.4, -0.2) is 0 Å². The molecule has 11 aromatic rings. The molecule has 1 nitrogen and oxygen atoms in total. The van der Waals surface area contributed by atoms with Gasteiger partial charge in [0.2, 0.25) is 0 Å². The summed E-state index contributed by atoms with van der Waals surface area (Å²) in [6, 6.07) is 41.0. The number of fused-ring (bicyclic) bond motifs is 9. The summed E-state index contributed by atoms with van der Waals surface area (Å²) in [5.41, 5.74) is 4.77. The molecule has 0 bridgehead atoms. The maximum atomic E-state index is 9.44. The Bertz CT molecular complexity index is 3580. The monoisotopic (exact) mass is 654 g/mol. The zero-order valence-corrected chi connectivity index (χ0v) is 27.1. The van der Waals surface area contributed by atoms with Gasteiger partial charge in [-0.2, -0.15) is 0 Å². The molecule has 1 heterocycles. The predicted octanol–water partition coefficient (Wildman–Crippen LogP) is 14.4. The summed E-state index contributed by atoms with van der Waals surface area (Å²) in [6.07, 6.45) is 0. The van der Waals surface area contributed by atoms with Crippen LogP contribution in [0.3, 0.4) is 0 Å². The van der Waals surface area contributed by atoms with E-state index in [9.17, 15) is 5.48 Å². The highest BCUT2D eigenvalue weighted by atomic mass is 16.3. The molecule has 0 radical (unpaired) electrons. The summed E-state index contributed by atoms with van der Waals surface area (Å²) in [7, 11) is 0. The smallest absolute Gasteiger partial charge is 0.136 e. The van der Waals surface area contributed by atoms with E-state index in [2.05, 4.69) is 48.5 Å². The highest BCUT2D eigenvalue weighted by molar-refractivity contribution is 6.22. The molecule has 51 heavy (non-hydrogen) atoms. The van der Waals surface area contributed by atoms with E-state index in [-0.39, 0.29) is 45.7 Å². The van der Waals surface area contributed by atoms with Gasteiger partial charge in [0.1, 0.15) is 11.2 Å². The zero-order chi connectivity index (χ0) is 40.4. The van der Waals surface area contributed by atoms with Crippen LogP contribution in [0.15, 0.2) is 186 Å². The average Bonchev–Trinajstić information content (AvgIpc) is 3.63. The molecule has 11 rings (SSSR count). The number of rotatable bonds is 3. The van der Waals surface area contributed by atoms with E-state index < -0.39 is 24.2 Å². The highest BCUT2D eigenvalue weighted by Gasteiger charge is 2.18. The van der Waals surface area contributed by atoms with Crippen molar-refractivity contribution < 1.29 is 15.4 Å². The summed E-state index contributed by atoms with van der Waals surface area (Å²) in [5.74, 6) is 0. The van der Waals surface area contributed by atoms with Crippen molar-refractivity contribution in [2.24, 2.45) is 0 Å². The van der Waals surface area contributed by atoms with E-state index in [0.717, 1.165) is 54.2 Å². The Hall–Kier alpha value is -6.70. The van der Waals surface area contributed by atoms with Crippen LogP contribution < -0.4 is 0 Å². The van der Waals surface area contributed by atoms with Crippen molar-refractivity contribution >= 4 is 75.8 Å². The zero-order valence-electron chi connectivity index (χ0n) is 35.1. The third-order valence-electron chi connectivity index (χ3n) is 10.2. The van der Waals surface area contributed by atoms with E-state index in [4.69, 9.17) is 9.90 Å². The lowest BCUT2D eigenvalue weighted by Crippen LogP contribution is -1.91. The molecule has 0 aliphatic carbocycles. The molecule has 0 saturated heterocycles. The van der Waals surface area contributed by atoms with E-state index in [1.54, 1.807) is 6.07 Å². The fraction of sp³-hybridized carbons (Fsp3) is 0. The molecule has 236 valence electrons. The van der Waals surface area contributed by atoms with E-state index in [1.165, 1.54) is 0 Å². The molecule has 1 heteroatoms. The Kier molecular flexibility index (Phi) is 4.57. The summed E-state index contributed by atoms with van der Waals surface area (Å²) in [6.45, 7) is 0. The number of hydrogen-bond donors (Lipinski definition) is 0. The second kappa shape index (κ2) is 10.9. The quantitative estimate of drug-likeness (QED) is 0.136. The van der Waals surface area contributed by atoms with Crippen LogP contribution in [0, 0.1) is 0 Å². The Labute approximate surface area is 305 Å². The normalized spacial score (nSPS) is 14.1. The summed E-state index contributed by atoms with van der Waals surface area (Å²) < 4.78 is 79.6. The molecular formula is C50H30O. The van der Waals surface area contributed by atoms with Crippen molar-refractivity contribution in [3.05, 3.63) is 182 Å². The highest BCUT2D eigenvalue weighted by Crippen LogP contribution is 2.45. The van der Waals surface area contributed by atoms with Crippen LogP contribution in [0.5, 0.6) is 0 Å². The van der Waals surface area contributed by atoms with E-state index >= 15 is 0 Å². The van der Waals surface area contributed by atoms with Gasteiger partial charge < -0.3 is 4.42 Å². The van der Waals surface area contributed by atoms with Gasteiger partial charge in [0.05, 0.1) is 11.0 Å². The fourth-order valence-electron chi connectivity index (χ4n) is 7.87. The number of furan rings is 1. The van der Waals surface area contributed by atoms with E-state index in [1.807, 2.05) is 78.9 Å².